The molecule has 10 aromatic rings. The molecule has 0 amide bonds. The minimum absolute atomic E-state index is 0.913. The molecule has 0 fully saturated rings. The van der Waals surface area contributed by atoms with Gasteiger partial charge in [-0.1, -0.05) is 109 Å². The molecule has 0 unspecified atom stereocenters. The molecule has 0 saturated carbocycles. The van der Waals surface area contributed by atoms with Gasteiger partial charge in [0.05, 0.1) is 16.7 Å². The Labute approximate surface area is 283 Å². The lowest BCUT2D eigenvalue weighted by molar-refractivity contribution is 0.672. The van der Waals surface area contributed by atoms with Gasteiger partial charge in [0.2, 0.25) is 0 Å². The molecule has 0 spiro atoms. The van der Waals surface area contributed by atoms with Crippen LogP contribution in [0.5, 0.6) is 0 Å². The Bertz CT molecular complexity index is 2810. The van der Waals surface area contributed by atoms with E-state index in [-0.39, 0.29) is 0 Å². The van der Waals surface area contributed by atoms with Gasteiger partial charge in [0.1, 0.15) is 11.2 Å². The van der Waals surface area contributed by atoms with Gasteiger partial charge in [-0.2, -0.15) is 0 Å². The van der Waals surface area contributed by atoms with E-state index in [9.17, 15) is 0 Å². The fourth-order valence-corrected chi connectivity index (χ4v) is 7.54. The van der Waals surface area contributed by atoms with Crippen LogP contribution < -0.4 is 4.90 Å². The molecule has 0 atom stereocenters. The van der Waals surface area contributed by atoms with Crippen LogP contribution in [0.1, 0.15) is 0 Å². The Morgan fingerprint density at radius 1 is 0.429 bits per heavy atom. The van der Waals surface area contributed by atoms with Crippen molar-refractivity contribution >= 4 is 71.6 Å². The topological polar surface area (TPSA) is 21.3 Å². The van der Waals surface area contributed by atoms with Crippen LogP contribution in [-0.2, 0) is 0 Å². The van der Waals surface area contributed by atoms with E-state index in [1.807, 2.05) is 12.1 Å². The zero-order valence-corrected chi connectivity index (χ0v) is 26.6. The van der Waals surface area contributed by atoms with E-state index >= 15 is 0 Å². The zero-order valence-electron chi connectivity index (χ0n) is 26.6. The smallest absolute Gasteiger partial charge is 0.143 e. The number of furan rings is 1. The Hall–Kier alpha value is -6.58. The first-order valence-corrected chi connectivity index (χ1v) is 16.7. The maximum atomic E-state index is 6.42. The van der Waals surface area contributed by atoms with Gasteiger partial charge >= 0.3 is 0 Å². The van der Waals surface area contributed by atoms with Crippen LogP contribution >= 0.6 is 0 Å². The van der Waals surface area contributed by atoms with Crippen LogP contribution in [0.4, 0.5) is 17.1 Å². The Kier molecular flexibility index (Phi) is 6.18. The molecule has 2 heterocycles. The van der Waals surface area contributed by atoms with Gasteiger partial charge < -0.3 is 13.9 Å². The number of hydrogen-bond donors (Lipinski definition) is 0. The quantitative estimate of drug-likeness (QED) is 0.190. The van der Waals surface area contributed by atoms with Crippen molar-refractivity contribution in [3.05, 3.63) is 182 Å². The molecular formula is C46H30N2O. The van der Waals surface area contributed by atoms with Crippen LogP contribution in [-0.4, -0.2) is 4.57 Å². The van der Waals surface area contributed by atoms with Crippen LogP contribution in [0.15, 0.2) is 186 Å². The number of nitrogens with zero attached hydrogens (tertiary/aromatic N) is 2. The molecule has 0 bridgehead atoms. The highest BCUT2D eigenvalue weighted by Crippen LogP contribution is 2.45. The van der Waals surface area contributed by atoms with Crippen molar-refractivity contribution < 1.29 is 4.42 Å². The van der Waals surface area contributed by atoms with E-state index in [0.717, 1.165) is 55.5 Å². The van der Waals surface area contributed by atoms with Crippen LogP contribution in [0, 0.1) is 0 Å². The van der Waals surface area contributed by atoms with E-state index in [1.54, 1.807) is 0 Å². The third-order valence-electron chi connectivity index (χ3n) is 9.76. The SMILES string of the molecule is c1ccc(-c2ccc(N(c3ccc4c(ccc5c6ccccc6oc45)c3)c3cccc4c3c3ccccc3n4-c3ccccc3)cc2)cc1. The second-order valence-electron chi connectivity index (χ2n) is 12.6. The minimum Gasteiger partial charge on any atom is -0.455 e. The van der Waals surface area contributed by atoms with Gasteiger partial charge in [-0.15, -0.1) is 0 Å². The zero-order chi connectivity index (χ0) is 32.3. The number of hydrogen-bond acceptors (Lipinski definition) is 2. The van der Waals surface area contributed by atoms with Crippen LogP contribution in [0.3, 0.4) is 0 Å². The predicted octanol–water partition coefficient (Wildman–Crippen LogP) is 13.0. The van der Waals surface area contributed by atoms with Crippen molar-refractivity contribution in [2.75, 3.05) is 4.90 Å². The van der Waals surface area contributed by atoms with Crippen molar-refractivity contribution in [1.29, 1.82) is 0 Å². The summed E-state index contributed by atoms with van der Waals surface area (Å²) in [6, 6.07) is 65.0. The fraction of sp³-hybridized carbons (Fsp3) is 0. The van der Waals surface area contributed by atoms with Gasteiger partial charge in [-0.25, -0.2) is 0 Å². The molecule has 3 nitrogen and oxygen atoms in total. The molecule has 230 valence electrons. The first-order valence-electron chi connectivity index (χ1n) is 16.7. The first-order chi connectivity index (χ1) is 24.3. The molecule has 3 heteroatoms. The second-order valence-corrected chi connectivity index (χ2v) is 12.6. The van der Waals surface area contributed by atoms with Gasteiger partial charge in [-0.3, -0.25) is 0 Å². The van der Waals surface area contributed by atoms with Crippen molar-refractivity contribution in [3.8, 4) is 16.8 Å². The number of aromatic nitrogens is 1. The molecule has 0 aliphatic rings. The number of para-hydroxylation sites is 3. The number of fused-ring (bicyclic) bond motifs is 8. The van der Waals surface area contributed by atoms with Crippen molar-refractivity contribution in [2.45, 2.75) is 0 Å². The highest BCUT2D eigenvalue weighted by atomic mass is 16.3. The summed E-state index contributed by atoms with van der Waals surface area (Å²) in [4.78, 5) is 2.40. The van der Waals surface area contributed by atoms with Gasteiger partial charge in [0.15, 0.2) is 0 Å². The monoisotopic (exact) mass is 626 g/mol. The third kappa shape index (κ3) is 4.37. The van der Waals surface area contributed by atoms with Gasteiger partial charge in [0, 0.05) is 44.0 Å². The first kappa shape index (κ1) is 27.5. The average Bonchev–Trinajstić information content (AvgIpc) is 3.72. The number of rotatable bonds is 5. The predicted molar refractivity (Wildman–Crippen MR) is 206 cm³/mol. The molecule has 0 saturated heterocycles. The summed E-state index contributed by atoms with van der Waals surface area (Å²) in [7, 11) is 0. The summed E-state index contributed by atoms with van der Waals surface area (Å²) in [5.74, 6) is 0. The van der Waals surface area contributed by atoms with E-state index in [0.29, 0.717) is 0 Å². The number of anilines is 3. The summed E-state index contributed by atoms with van der Waals surface area (Å²) in [5.41, 5.74) is 11.0. The molecule has 10 rings (SSSR count). The highest BCUT2D eigenvalue weighted by molar-refractivity contribution is 6.18. The standard InChI is InChI=1S/C46H30N2O/c1-3-12-31(13-4-1)32-22-25-35(26-23-32)47(36-27-29-37-33(30-36)24-28-39-38-16-8-10-21-44(38)49-46(37)39)42-19-11-20-43-45(42)40-17-7-9-18-41(40)48(43)34-14-5-2-6-15-34/h1-30H. The molecule has 0 radical (unpaired) electrons. The van der Waals surface area contributed by atoms with E-state index in [2.05, 4.69) is 179 Å². The summed E-state index contributed by atoms with van der Waals surface area (Å²) in [6.07, 6.45) is 0. The van der Waals surface area contributed by atoms with Crippen LogP contribution in [0.25, 0.3) is 71.3 Å². The molecule has 49 heavy (non-hydrogen) atoms. The Morgan fingerprint density at radius 2 is 1.08 bits per heavy atom. The van der Waals surface area contributed by atoms with Crippen molar-refractivity contribution in [3.63, 3.8) is 0 Å². The summed E-state index contributed by atoms with van der Waals surface area (Å²) in [5, 5.41) is 6.95. The summed E-state index contributed by atoms with van der Waals surface area (Å²) < 4.78 is 8.80. The highest BCUT2D eigenvalue weighted by Gasteiger charge is 2.22. The second kappa shape index (κ2) is 11.0. The minimum atomic E-state index is 0.913. The largest absolute Gasteiger partial charge is 0.455 e. The maximum absolute atomic E-state index is 6.42. The lowest BCUT2D eigenvalue weighted by atomic mass is 10.0. The fourth-order valence-electron chi connectivity index (χ4n) is 7.54. The van der Waals surface area contributed by atoms with Crippen LogP contribution in [0.2, 0.25) is 0 Å². The summed E-state index contributed by atoms with van der Waals surface area (Å²) >= 11 is 0. The number of benzene rings is 8. The lowest BCUT2D eigenvalue weighted by Gasteiger charge is -2.27. The molecule has 0 aliphatic heterocycles. The van der Waals surface area contributed by atoms with Crippen molar-refractivity contribution in [2.24, 2.45) is 0 Å². The molecule has 0 N–H and O–H groups in total. The summed E-state index contributed by atoms with van der Waals surface area (Å²) in [6.45, 7) is 0. The van der Waals surface area contributed by atoms with E-state index in [1.165, 1.54) is 32.9 Å². The van der Waals surface area contributed by atoms with Gasteiger partial charge in [0.25, 0.3) is 0 Å². The molecular weight excluding hydrogens is 597 g/mol. The van der Waals surface area contributed by atoms with Crippen molar-refractivity contribution in [1.82, 2.24) is 4.57 Å². The molecule has 0 aliphatic carbocycles. The van der Waals surface area contributed by atoms with Gasteiger partial charge in [-0.05, 0) is 89.3 Å². The average molecular weight is 627 g/mol. The van der Waals surface area contributed by atoms with E-state index in [4.69, 9.17) is 4.42 Å². The molecule has 2 aromatic heterocycles. The lowest BCUT2D eigenvalue weighted by Crippen LogP contribution is -2.10. The maximum Gasteiger partial charge on any atom is 0.143 e. The Balaban J connectivity index is 1.23. The normalized spacial score (nSPS) is 11.7. The third-order valence-corrected chi connectivity index (χ3v) is 9.76. The molecule has 8 aromatic carbocycles. The Morgan fingerprint density at radius 3 is 1.92 bits per heavy atom. The van der Waals surface area contributed by atoms with E-state index < -0.39 is 0 Å².